The highest BCUT2D eigenvalue weighted by molar-refractivity contribution is 6.34. The Balaban J connectivity index is 2.14. The van der Waals surface area contributed by atoms with E-state index in [1.54, 1.807) is 13.0 Å². The zero-order valence-corrected chi connectivity index (χ0v) is 14.1. The normalized spacial score (nSPS) is 19.8. The fraction of sp³-hybridized carbons (Fsp3) is 0.467. The molecule has 1 aromatic rings. The van der Waals surface area contributed by atoms with E-state index in [4.69, 9.17) is 23.1 Å². The summed E-state index contributed by atoms with van der Waals surface area (Å²) in [6, 6.07) is 3.03. The Kier molecular flexibility index (Phi) is 4.08. The van der Waals surface area contributed by atoms with Gasteiger partial charge < -0.3 is 11.5 Å². The first-order valence-corrected chi connectivity index (χ1v) is 8.17. The summed E-state index contributed by atoms with van der Waals surface area (Å²) in [6.45, 7) is 1.73. The number of nitro groups is 1. The van der Waals surface area contributed by atoms with Gasteiger partial charge in [0.25, 0.3) is 5.69 Å². The van der Waals surface area contributed by atoms with Gasteiger partial charge in [-0.2, -0.15) is 4.99 Å². The van der Waals surface area contributed by atoms with Crippen LogP contribution in [0, 0.1) is 17.0 Å². The summed E-state index contributed by atoms with van der Waals surface area (Å²) in [4.78, 5) is 21.1. The fourth-order valence-electron chi connectivity index (χ4n) is 3.51. The number of anilines is 1. The van der Waals surface area contributed by atoms with Gasteiger partial charge in [0, 0.05) is 6.07 Å². The van der Waals surface area contributed by atoms with Crippen molar-refractivity contribution in [3.05, 3.63) is 32.8 Å². The van der Waals surface area contributed by atoms with E-state index in [2.05, 4.69) is 9.98 Å². The van der Waals surface area contributed by atoms with Gasteiger partial charge in [0.15, 0.2) is 0 Å². The standard InChI is InChI=1S/C15H19ClN6O2/c1-9-10(5-6-11(12(9)16)22(23)24)21-14(18)19-13(17)20-15(21)7-3-2-4-8-15/h5-6H,2-4,7-8H2,1H3,(H4,17,18,19,20). The number of halogens is 1. The average molecular weight is 351 g/mol. The molecule has 4 N–H and O–H groups in total. The number of hydrogen-bond donors (Lipinski definition) is 2. The topological polar surface area (TPSA) is 123 Å². The Morgan fingerprint density at radius 1 is 1.29 bits per heavy atom. The first-order valence-electron chi connectivity index (χ1n) is 7.79. The van der Waals surface area contributed by atoms with Crippen molar-refractivity contribution in [1.29, 1.82) is 0 Å². The van der Waals surface area contributed by atoms with Crippen molar-refractivity contribution in [3.8, 4) is 0 Å². The lowest BCUT2D eigenvalue weighted by Gasteiger charge is -2.46. The second-order valence-corrected chi connectivity index (χ2v) is 6.50. The maximum atomic E-state index is 11.1. The first-order chi connectivity index (χ1) is 11.4. The summed E-state index contributed by atoms with van der Waals surface area (Å²) in [5.74, 6) is 0.397. The Bertz CT molecular complexity index is 755. The van der Waals surface area contributed by atoms with Crippen LogP contribution in [0.15, 0.2) is 22.1 Å². The van der Waals surface area contributed by atoms with Crippen LogP contribution in [-0.4, -0.2) is 22.5 Å². The maximum absolute atomic E-state index is 11.1. The van der Waals surface area contributed by atoms with E-state index in [0.29, 0.717) is 11.3 Å². The summed E-state index contributed by atoms with van der Waals surface area (Å²) in [5.41, 5.74) is 12.5. The van der Waals surface area contributed by atoms with Crippen LogP contribution in [-0.2, 0) is 0 Å². The molecule has 3 rings (SSSR count). The summed E-state index contributed by atoms with van der Waals surface area (Å²) in [6.07, 6.45) is 4.71. The van der Waals surface area contributed by atoms with E-state index in [1.807, 2.05) is 4.90 Å². The van der Waals surface area contributed by atoms with Crippen molar-refractivity contribution in [2.24, 2.45) is 21.5 Å². The van der Waals surface area contributed by atoms with Crippen LogP contribution in [0.1, 0.15) is 37.7 Å². The molecule has 0 unspecified atom stereocenters. The zero-order chi connectivity index (χ0) is 17.5. The smallest absolute Gasteiger partial charge is 0.288 e. The molecule has 24 heavy (non-hydrogen) atoms. The minimum atomic E-state index is -0.599. The molecule has 0 aromatic heterocycles. The van der Waals surface area contributed by atoms with Crippen molar-refractivity contribution in [2.45, 2.75) is 44.7 Å². The molecule has 1 spiro atoms. The minimum absolute atomic E-state index is 0.0961. The van der Waals surface area contributed by atoms with Crippen LogP contribution in [0.5, 0.6) is 0 Å². The van der Waals surface area contributed by atoms with E-state index in [0.717, 1.165) is 32.1 Å². The minimum Gasteiger partial charge on any atom is -0.369 e. The highest BCUT2D eigenvalue weighted by atomic mass is 35.5. The molecule has 0 amide bonds. The van der Waals surface area contributed by atoms with Gasteiger partial charge in [0.05, 0.1) is 10.6 Å². The molecule has 0 radical (unpaired) electrons. The highest BCUT2D eigenvalue weighted by Crippen LogP contribution is 2.43. The van der Waals surface area contributed by atoms with E-state index in [-0.39, 0.29) is 22.6 Å². The van der Waals surface area contributed by atoms with Crippen LogP contribution < -0.4 is 16.4 Å². The van der Waals surface area contributed by atoms with Gasteiger partial charge in [0.2, 0.25) is 11.9 Å². The van der Waals surface area contributed by atoms with E-state index in [1.165, 1.54) is 6.07 Å². The average Bonchev–Trinajstić information content (AvgIpc) is 2.51. The predicted octanol–water partition coefficient (Wildman–Crippen LogP) is 2.67. The predicted molar refractivity (Wildman–Crippen MR) is 94.4 cm³/mol. The molecule has 1 saturated carbocycles. The number of nitrogens with two attached hydrogens (primary N) is 2. The van der Waals surface area contributed by atoms with E-state index < -0.39 is 10.6 Å². The molecule has 2 aliphatic rings. The van der Waals surface area contributed by atoms with Gasteiger partial charge in [-0.15, -0.1) is 0 Å². The third-order valence-electron chi connectivity index (χ3n) is 4.63. The van der Waals surface area contributed by atoms with Crippen molar-refractivity contribution in [2.75, 3.05) is 4.90 Å². The lowest BCUT2D eigenvalue weighted by molar-refractivity contribution is -0.384. The van der Waals surface area contributed by atoms with Gasteiger partial charge >= 0.3 is 0 Å². The lowest BCUT2D eigenvalue weighted by Crippen LogP contribution is -2.58. The molecule has 0 bridgehead atoms. The highest BCUT2D eigenvalue weighted by Gasteiger charge is 2.43. The number of nitro benzene ring substituents is 1. The molecule has 0 atom stereocenters. The molecule has 9 heteroatoms. The second kappa shape index (κ2) is 5.94. The summed E-state index contributed by atoms with van der Waals surface area (Å²) in [5, 5.41) is 11.2. The maximum Gasteiger partial charge on any atom is 0.288 e. The molecule has 1 aliphatic heterocycles. The first kappa shape index (κ1) is 16.5. The second-order valence-electron chi connectivity index (χ2n) is 6.12. The fourth-order valence-corrected chi connectivity index (χ4v) is 3.74. The molecule has 1 fully saturated rings. The van der Waals surface area contributed by atoms with Crippen LogP contribution in [0.3, 0.4) is 0 Å². The quantitative estimate of drug-likeness (QED) is 0.626. The number of benzene rings is 1. The van der Waals surface area contributed by atoms with Gasteiger partial charge in [-0.05, 0) is 44.2 Å². The largest absolute Gasteiger partial charge is 0.369 e. The number of aliphatic imine (C=N–C) groups is 2. The van der Waals surface area contributed by atoms with Gasteiger partial charge in [-0.1, -0.05) is 18.0 Å². The molecule has 1 aromatic carbocycles. The SMILES string of the molecule is Cc1c(N2C(N)=NC(N)=NC23CCCCC3)ccc([N+](=O)[O-])c1Cl. The van der Waals surface area contributed by atoms with E-state index in [9.17, 15) is 10.1 Å². The molecule has 1 aliphatic carbocycles. The lowest BCUT2D eigenvalue weighted by atomic mass is 9.87. The number of rotatable bonds is 2. The molecule has 8 nitrogen and oxygen atoms in total. The molecule has 128 valence electrons. The summed E-state index contributed by atoms with van der Waals surface area (Å²) >= 11 is 6.21. The third-order valence-corrected chi connectivity index (χ3v) is 5.10. The Morgan fingerprint density at radius 3 is 2.58 bits per heavy atom. The van der Waals surface area contributed by atoms with Crippen LogP contribution in [0.25, 0.3) is 0 Å². The van der Waals surface area contributed by atoms with Gasteiger partial charge in [-0.25, -0.2) is 4.99 Å². The third kappa shape index (κ3) is 2.56. The van der Waals surface area contributed by atoms with Crippen molar-refractivity contribution in [3.63, 3.8) is 0 Å². The monoisotopic (exact) mass is 350 g/mol. The van der Waals surface area contributed by atoms with Crippen molar-refractivity contribution < 1.29 is 4.92 Å². The Hall–Kier alpha value is -2.35. The number of hydrogen-bond acceptors (Lipinski definition) is 7. The van der Waals surface area contributed by atoms with Crippen LogP contribution in [0.2, 0.25) is 5.02 Å². The van der Waals surface area contributed by atoms with Crippen molar-refractivity contribution >= 4 is 34.9 Å². The molecular weight excluding hydrogens is 332 g/mol. The summed E-state index contributed by atoms with van der Waals surface area (Å²) in [7, 11) is 0. The van der Waals surface area contributed by atoms with E-state index >= 15 is 0 Å². The number of nitrogens with zero attached hydrogens (tertiary/aromatic N) is 4. The van der Waals surface area contributed by atoms with Gasteiger partial charge in [0.1, 0.15) is 10.7 Å². The molecular formula is C15H19ClN6O2. The Morgan fingerprint density at radius 2 is 1.96 bits per heavy atom. The van der Waals surface area contributed by atoms with Gasteiger partial charge in [-0.3, -0.25) is 15.0 Å². The molecule has 0 saturated heterocycles. The van der Waals surface area contributed by atoms with Crippen LogP contribution in [0.4, 0.5) is 11.4 Å². The molecule has 1 heterocycles. The Labute approximate surface area is 144 Å². The number of guanidine groups is 2. The van der Waals surface area contributed by atoms with Crippen LogP contribution >= 0.6 is 11.6 Å². The van der Waals surface area contributed by atoms with Crippen molar-refractivity contribution in [1.82, 2.24) is 0 Å². The summed E-state index contributed by atoms with van der Waals surface area (Å²) < 4.78 is 0. The zero-order valence-electron chi connectivity index (χ0n) is 13.3.